The van der Waals surface area contributed by atoms with Gasteiger partial charge in [-0.25, -0.2) is 0 Å². The first kappa shape index (κ1) is 7.98. The van der Waals surface area contributed by atoms with E-state index in [4.69, 9.17) is 0 Å². The third-order valence-electron chi connectivity index (χ3n) is 2.12. The molecule has 13 heavy (non-hydrogen) atoms. The van der Waals surface area contributed by atoms with E-state index in [0.717, 1.165) is 10.8 Å². The smallest absolute Gasteiger partial charge is 0.258 e. The van der Waals surface area contributed by atoms with Gasteiger partial charge in [-0.3, -0.25) is 9.78 Å². The summed E-state index contributed by atoms with van der Waals surface area (Å²) in [7, 11) is 0. The number of hydrogen-bond acceptors (Lipinski definition) is 2. The predicted molar refractivity (Wildman–Crippen MR) is 51.7 cm³/mol. The van der Waals surface area contributed by atoms with E-state index in [2.05, 4.69) is 4.98 Å². The Kier molecular flexibility index (Phi) is 1.85. The molecule has 0 saturated carbocycles. The van der Waals surface area contributed by atoms with Gasteiger partial charge in [-0.2, -0.15) is 0 Å². The van der Waals surface area contributed by atoms with Gasteiger partial charge >= 0.3 is 0 Å². The van der Waals surface area contributed by atoms with Crippen LogP contribution in [-0.4, -0.2) is 9.55 Å². The molecule has 2 aromatic rings. The van der Waals surface area contributed by atoms with Crippen molar-refractivity contribution >= 4 is 10.8 Å². The molecule has 0 radical (unpaired) electrons. The van der Waals surface area contributed by atoms with Crippen LogP contribution in [0.25, 0.3) is 10.8 Å². The van der Waals surface area contributed by atoms with Gasteiger partial charge in [0.15, 0.2) is 0 Å². The Morgan fingerprint density at radius 2 is 2.31 bits per heavy atom. The zero-order valence-corrected chi connectivity index (χ0v) is 7.40. The normalized spacial score (nSPS) is 10.5. The Hall–Kier alpha value is -1.64. The maximum absolute atomic E-state index is 11.7. The fourth-order valence-electron chi connectivity index (χ4n) is 1.38. The minimum absolute atomic E-state index is 0.0578. The second-order valence-corrected chi connectivity index (χ2v) is 2.87. The van der Waals surface area contributed by atoms with Crippen molar-refractivity contribution in [3.05, 3.63) is 41.1 Å². The monoisotopic (exact) mass is 174 g/mol. The summed E-state index contributed by atoms with van der Waals surface area (Å²) in [6.07, 6.45) is 5.15. The average Bonchev–Trinajstić information content (AvgIpc) is 2.19. The SMILES string of the molecule is CCn1ccc2cnccc2c1=O. The Bertz CT molecular complexity index is 487. The van der Waals surface area contributed by atoms with E-state index in [1.54, 1.807) is 29.2 Å². The molecule has 0 unspecified atom stereocenters. The number of pyridine rings is 2. The zero-order chi connectivity index (χ0) is 9.26. The molecule has 0 saturated heterocycles. The molecule has 0 atom stereocenters. The van der Waals surface area contributed by atoms with Crippen molar-refractivity contribution in [3.63, 3.8) is 0 Å². The summed E-state index contributed by atoms with van der Waals surface area (Å²) < 4.78 is 1.68. The summed E-state index contributed by atoms with van der Waals surface area (Å²) in [6.45, 7) is 2.66. The van der Waals surface area contributed by atoms with Crippen molar-refractivity contribution < 1.29 is 0 Å². The van der Waals surface area contributed by atoms with Gasteiger partial charge in [0.2, 0.25) is 0 Å². The van der Waals surface area contributed by atoms with Crippen molar-refractivity contribution in [1.82, 2.24) is 9.55 Å². The minimum Gasteiger partial charge on any atom is -0.315 e. The summed E-state index contributed by atoms with van der Waals surface area (Å²) in [5, 5.41) is 1.64. The number of nitrogens with zero attached hydrogens (tertiary/aromatic N) is 2. The molecule has 2 heterocycles. The first-order valence-corrected chi connectivity index (χ1v) is 4.26. The second-order valence-electron chi connectivity index (χ2n) is 2.87. The maximum Gasteiger partial charge on any atom is 0.258 e. The second kappa shape index (κ2) is 3.01. The van der Waals surface area contributed by atoms with E-state index in [1.165, 1.54) is 0 Å². The van der Waals surface area contributed by atoms with Crippen molar-refractivity contribution in [2.24, 2.45) is 0 Å². The van der Waals surface area contributed by atoms with E-state index in [0.29, 0.717) is 6.54 Å². The summed E-state index contributed by atoms with van der Waals surface area (Å²) >= 11 is 0. The van der Waals surface area contributed by atoms with Crippen LogP contribution in [0.3, 0.4) is 0 Å². The van der Waals surface area contributed by atoms with Gasteiger partial charge in [0, 0.05) is 30.5 Å². The lowest BCUT2D eigenvalue weighted by Gasteiger charge is -2.02. The van der Waals surface area contributed by atoms with Crippen molar-refractivity contribution in [2.45, 2.75) is 13.5 Å². The molecule has 66 valence electrons. The fourth-order valence-corrected chi connectivity index (χ4v) is 1.38. The van der Waals surface area contributed by atoms with Crippen LogP contribution in [0.15, 0.2) is 35.5 Å². The largest absolute Gasteiger partial charge is 0.315 e. The van der Waals surface area contributed by atoms with Crippen LogP contribution in [0.5, 0.6) is 0 Å². The molecular formula is C10H10N2O. The first-order valence-electron chi connectivity index (χ1n) is 4.26. The zero-order valence-electron chi connectivity index (χ0n) is 7.40. The summed E-state index contributed by atoms with van der Waals surface area (Å²) in [6, 6.07) is 3.66. The molecular weight excluding hydrogens is 164 g/mol. The van der Waals surface area contributed by atoms with Gasteiger partial charge in [0.05, 0.1) is 5.39 Å². The molecule has 0 bridgehead atoms. The summed E-state index contributed by atoms with van der Waals surface area (Å²) in [5.74, 6) is 0. The predicted octanol–water partition coefficient (Wildman–Crippen LogP) is 1.42. The molecule has 0 amide bonds. The molecule has 2 aromatic heterocycles. The van der Waals surface area contributed by atoms with Gasteiger partial charge in [-0.05, 0) is 19.1 Å². The van der Waals surface area contributed by atoms with Gasteiger partial charge in [0.1, 0.15) is 0 Å². The van der Waals surface area contributed by atoms with Gasteiger partial charge in [0.25, 0.3) is 5.56 Å². The molecule has 2 rings (SSSR count). The standard InChI is InChI=1S/C10H10N2O/c1-2-12-6-4-8-7-11-5-3-9(8)10(12)13/h3-7H,2H2,1H3. The number of fused-ring (bicyclic) bond motifs is 1. The molecule has 0 aliphatic rings. The molecule has 3 heteroatoms. The van der Waals surface area contributed by atoms with Crippen LogP contribution >= 0.6 is 0 Å². The highest BCUT2D eigenvalue weighted by atomic mass is 16.1. The topological polar surface area (TPSA) is 34.9 Å². The lowest BCUT2D eigenvalue weighted by molar-refractivity contribution is 0.734. The number of aromatic nitrogens is 2. The summed E-state index contributed by atoms with van der Waals surface area (Å²) in [5.41, 5.74) is 0.0578. The number of rotatable bonds is 1. The molecule has 0 N–H and O–H groups in total. The Morgan fingerprint density at radius 3 is 3.08 bits per heavy atom. The highest BCUT2D eigenvalue weighted by Gasteiger charge is 1.99. The van der Waals surface area contributed by atoms with Crippen LogP contribution < -0.4 is 5.56 Å². The molecule has 0 spiro atoms. The third-order valence-corrected chi connectivity index (χ3v) is 2.12. The van der Waals surface area contributed by atoms with Crippen molar-refractivity contribution in [3.8, 4) is 0 Å². The van der Waals surface area contributed by atoms with Gasteiger partial charge in [-0.1, -0.05) is 0 Å². The molecule has 0 aliphatic carbocycles. The third kappa shape index (κ3) is 1.22. The number of aryl methyl sites for hydroxylation is 1. The van der Waals surface area contributed by atoms with Crippen LogP contribution in [0.2, 0.25) is 0 Å². The number of hydrogen-bond donors (Lipinski definition) is 0. The molecule has 3 nitrogen and oxygen atoms in total. The van der Waals surface area contributed by atoms with Gasteiger partial charge in [-0.15, -0.1) is 0 Å². The first-order chi connectivity index (χ1) is 6.33. The van der Waals surface area contributed by atoms with E-state index in [9.17, 15) is 4.79 Å². The summed E-state index contributed by atoms with van der Waals surface area (Å²) in [4.78, 5) is 15.7. The van der Waals surface area contributed by atoms with Crippen LogP contribution in [0.1, 0.15) is 6.92 Å². The van der Waals surface area contributed by atoms with Gasteiger partial charge < -0.3 is 4.57 Å². The Morgan fingerprint density at radius 1 is 1.46 bits per heavy atom. The van der Waals surface area contributed by atoms with Crippen LogP contribution in [0.4, 0.5) is 0 Å². The van der Waals surface area contributed by atoms with E-state index in [1.807, 2.05) is 13.0 Å². The molecule has 0 aromatic carbocycles. The highest BCUT2D eigenvalue weighted by molar-refractivity contribution is 5.79. The quantitative estimate of drug-likeness (QED) is 0.655. The lowest BCUT2D eigenvalue weighted by Crippen LogP contribution is -2.18. The van der Waals surface area contributed by atoms with Crippen LogP contribution in [0, 0.1) is 0 Å². The molecule has 0 fully saturated rings. The fraction of sp³-hybridized carbons (Fsp3) is 0.200. The van der Waals surface area contributed by atoms with Crippen LogP contribution in [-0.2, 0) is 6.54 Å². The van der Waals surface area contributed by atoms with Crippen molar-refractivity contribution in [2.75, 3.05) is 0 Å². The lowest BCUT2D eigenvalue weighted by atomic mass is 10.2. The molecule has 0 aliphatic heterocycles. The average molecular weight is 174 g/mol. The maximum atomic E-state index is 11.7. The van der Waals surface area contributed by atoms with E-state index < -0.39 is 0 Å². The minimum atomic E-state index is 0.0578. The van der Waals surface area contributed by atoms with E-state index in [-0.39, 0.29) is 5.56 Å². The Balaban J connectivity index is 2.87. The van der Waals surface area contributed by atoms with E-state index >= 15 is 0 Å². The Labute approximate surface area is 75.7 Å². The highest BCUT2D eigenvalue weighted by Crippen LogP contribution is 2.05. The van der Waals surface area contributed by atoms with Crippen molar-refractivity contribution in [1.29, 1.82) is 0 Å².